The summed E-state index contributed by atoms with van der Waals surface area (Å²) in [5.41, 5.74) is 1.68. The minimum Gasteiger partial charge on any atom is -0.354 e. The lowest BCUT2D eigenvalue weighted by Gasteiger charge is -2.32. The van der Waals surface area contributed by atoms with E-state index in [1.807, 2.05) is 13.8 Å². The number of hydrogen-bond acceptors (Lipinski definition) is 4. The van der Waals surface area contributed by atoms with Crippen molar-refractivity contribution in [3.05, 3.63) is 94.0 Å². The number of hydrogen-bond donors (Lipinski definition) is 1. The maximum atomic E-state index is 13.9. The topological polar surface area (TPSA) is 86.8 Å². The van der Waals surface area contributed by atoms with Gasteiger partial charge in [-0.2, -0.15) is 0 Å². The number of para-hydroxylation sites is 1. The molecule has 0 aliphatic heterocycles. The summed E-state index contributed by atoms with van der Waals surface area (Å²) >= 11 is 12.8. The first-order valence-electron chi connectivity index (χ1n) is 12.7. The number of nitrogens with zero attached hydrogens (tertiary/aromatic N) is 2. The van der Waals surface area contributed by atoms with Crippen LogP contribution in [0.2, 0.25) is 10.0 Å². The number of benzene rings is 3. The highest BCUT2D eigenvalue weighted by atomic mass is 35.5. The summed E-state index contributed by atoms with van der Waals surface area (Å²) in [7, 11) is -4.19. The smallest absolute Gasteiger partial charge is 0.264 e. The van der Waals surface area contributed by atoms with Crippen molar-refractivity contribution in [1.29, 1.82) is 0 Å². The molecule has 0 aromatic heterocycles. The average Bonchev–Trinajstić information content (AvgIpc) is 2.91. The van der Waals surface area contributed by atoms with Crippen molar-refractivity contribution in [2.45, 2.75) is 51.1 Å². The number of halogens is 2. The molecule has 0 fully saturated rings. The first-order chi connectivity index (χ1) is 18.6. The molecule has 7 nitrogen and oxygen atoms in total. The summed E-state index contributed by atoms with van der Waals surface area (Å²) < 4.78 is 28.7. The van der Waals surface area contributed by atoms with Crippen LogP contribution in [0.3, 0.4) is 0 Å². The molecule has 208 valence electrons. The molecule has 0 saturated heterocycles. The first kappa shape index (κ1) is 30.5. The molecule has 0 aliphatic rings. The highest BCUT2D eigenvalue weighted by Crippen LogP contribution is 2.31. The Bertz CT molecular complexity index is 1400. The molecular weight excluding hydrogens is 557 g/mol. The molecule has 3 rings (SSSR count). The van der Waals surface area contributed by atoms with E-state index < -0.39 is 28.5 Å². The minimum atomic E-state index is -4.19. The van der Waals surface area contributed by atoms with Gasteiger partial charge in [-0.05, 0) is 56.2 Å². The molecule has 1 N–H and O–H groups in total. The number of amides is 2. The van der Waals surface area contributed by atoms with Crippen LogP contribution in [-0.4, -0.2) is 44.3 Å². The number of anilines is 1. The molecule has 0 spiro atoms. The van der Waals surface area contributed by atoms with Gasteiger partial charge in [-0.1, -0.05) is 84.6 Å². The molecule has 0 heterocycles. The van der Waals surface area contributed by atoms with Crippen LogP contribution in [0, 0.1) is 6.92 Å². The molecule has 39 heavy (non-hydrogen) atoms. The van der Waals surface area contributed by atoms with E-state index >= 15 is 0 Å². The monoisotopic (exact) mass is 589 g/mol. The Morgan fingerprint density at radius 3 is 2.15 bits per heavy atom. The van der Waals surface area contributed by atoms with Crippen LogP contribution in [0.15, 0.2) is 77.7 Å². The van der Waals surface area contributed by atoms with Crippen molar-refractivity contribution in [2.24, 2.45) is 0 Å². The van der Waals surface area contributed by atoms with Gasteiger partial charge in [-0.15, -0.1) is 0 Å². The molecule has 0 radical (unpaired) electrons. The number of rotatable bonds is 12. The number of unbranched alkanes of at least 4 members (excludes halogenated alkanes) is 1. The van der Waals surface area contributed by atoms with Crippen LogP contribution in [0.4, 0.5) is 5.69 Å². The van der Waals surface area contributed by atoms with E-state index in [0.717, 1.165) is 22.7 Å². The zero-order valence-corrected chi connectivity index (χ0v) is 24.6. The second-order valence-corrected chi connectivity index (χ2v) is 11.9. The van der Waals surface area contributed by atoms with Crippen LogP contribution in [0.1, 0.15) is 37.8 Å². The van der Waals surface area contributed by atoms with Crippen LogP contribution < -0.4 is 9.62 Å². The summed E-state index contributed by atoms with van der Waals surface area (Å²) in [5.74, 6) is -0.918. The van der Waals surface area contributed by atoms with E-state index in [2.05, 4.69) is 5.32 Å². The number of carbonyl (C=O) groups is 2. The lowest BCUT2D eigenvalue weighted by Crippen LogP contribution is -2.51. The highest BCUT2D eigenvalue weighted by molar-refractivity contribution is 7.92. The van der Waals surface area contributed by atoms with Crippen molar-refractivity contribution >= 4 is 50.7 Å². The molecule has 10 heteroatoms. The normalized spacial score (nSPS) is 12.0. The third kappa shape index (κ3) is 7.75. The standard InChI is InChI=1S/C29H33Cl2N3O4S/c1-4-5-18-32-29(36)22(3)33(19-23-10-6-7-11-25(23)30)28(35)20-34(27-13-9-8-12-26(27)31)39(37,38)24-16-14-21(2)15-17-24/h6-17,22H,4-5,18-20H2,1-3H3,(H,32,36)/t22-/m1/s1. The molecule has 0 unspecified atom stereocenters. The number of sulfonamides is 1. The maximum Gasteiger partial charge on any atom is 0.264 e. The van der Waals surface area contributed by atoms with Crippen molar-refractivity contribution in [3.8, 4) is 0 Å². The van der Waals surface area contributed by atoms with Crippen LogP contribution >= 0.6 is 23.2 Å². The van der Waals surface area contributed by atoms with E-state index in [4.69, 9.17) is 23.2 Å². The lowest BCUT2D eigenvalue weighted by molar-refractivity contribution is -0.139. The average molecular weight is 591 g/mol. The maximum absolute atomic E-state index is 13.9. The molecule has 2 amide bonds. The Hall–Kier alpha value is -3.07. The predicted molar refractivity (Wildman–Crippen MR) is 157 cm³/mol. The predicted octanol–water partition coefficient (Wildman–Crippen LogP) is 5.83. The third-order valence-corrected chi connectivity index (χ3v) is 8.77. The number of aryl methyl sites for hydroxylation is 1. The van der Waals surface area contributed by atoms with Crippen molar-refractivity contribution in [1.82, 2.24) is 10.2 Å². The zero-order valence-electron chi connectivity index (χ0n) is 22.2. The van der Waals surface area contributed by atoms with Gasteiger partial charge >= 0.3 is 0 Å². The molecule has 1 atom stereocenters. The third-order valence-electron chi connectivity index (χ3n) is 6.30. The highest BCUT2D eigenvalue weighted by Gasteiger charge is 2.33. The second kappa shape index (κ2) is 13.8. The molecule has 3 aromatic rings. The second-order valence-electron chi connectivity index (χ2n) is 9.21. The fourth-order valence-electron chi connectivity index (χ4n) is 3.93. The number of nitrogens with one attached hydrogen (secondary N) is 1. The van der Waals surface area contributed by atoms with E-state index in [-0.39, 0.29) is 28.1 Å². The van der Waals surface area contributed by atoms with Gasteiger partial charge < -0.3 is 10.2 Å². The lowest BCUT2D eigenvalue weighted by atomic mass is 10.1. The van der Waals surface area contributed by atoms with E-state index in [9.17, 15) is 18.0 Å². The fourth-order valence-corrected chi connectivity index (χ4v) is 5.85. The van der Waals surface area contributed by atoms with Crippen molar-refractivity contribution < 1.29 is 18.0 Å². The molecule has 0 bridgehead atoms. The van der Waals surface area contributed by atoms with Crippen molar-refractivity contribution in [3.63, 3.8) is 0 Å². The Kier molecular flexibility index (Phi) is 10.8. The zero-order chi connectivity index (χ0) is 28.6. The van der Waals surface area contributed by atoms with Gasteiger partial charge in [0.1, 0.15) is 12.6 Å². The molecule has 3 aromatic carbocycles. The van der Waals surface area contributed by atoms with E-state index in [1.54, 1.807) is 67.6 Å². The molecule has 0 saturated carbocycles. The Balaban J connectivity index is 2.02. The largest absolute Gasteiger partial charge is 0.354 e. The van der Waals surface area contributed by atoms with E-state index in [1.165, 1.54) is 17.0 Å². The molecule has 0 aliphatic carbocycles. The summed E-state index contributed by atoms with van der Waals surface area (Å²) in [6, 6.07) is 18.9. The van der Waals surface area contributed by atoms with Gasteiger partial charge in [0, 0.05) is 18.1 Å². The number of carbonyl (C=O) groups excluding carboxylic acids is 2. The van der Waals surface area contributed by atoms with Gasteiger partial charge in [0.25, 0.3) is 10.0 Å². The molecular formula is C29H33Cl2N3O4S. The van der Waals surface area contributed by atoms with Gasteiger partial charge in [0.15, 0.2) is 0 Å². The fraction of sp³-hybridized carbons (Fsp3) is 0.310. The van der Waals surface area contributed by atoms with Gasteiger partial charge in [0.2, 0.25) is 11.8 Å². The quantitative estimate of drug-likeness (QED) is 0.269. The van der Waals surface area contributed by atoms with Crippen LogP contribution in [0.5, 0.6) is 0 Å². The Labute approximate surface area is 240 Å². The Morgan fingerprint density at radius 2 is 1.54 bits per heavy atom. The van der Waals surface area contributed by atoms with Crippen LogP contribution in [0.25, 0.3) is 0 Å². The SMILES string of the molecule is CCCCNC(=O)[C@@H](C)N(Cc1ccccc1Cl)C(=O)CN(c1ccccc1Cl)S(=O)(=O)c1ccc(C)cc1. The Morgan fingerprint density at radius 1 is 0.923 bits per heavy atom. The first-order valence-corrected chi connectivity index (χ1v) is 14.9. The minimum absolute atomic E-state index is 0.0157. The van der Waals surface area contributed by atoms with Gasteiger partial charge in [0.05, 0.1) is 15.6 Å². The summed E-state index contributed by atoms with van der Waals surface area (Å²) in [6.07, 6.45) is 1.70. The van der Waals surface area contributed by atoms with Crippen LogP contribution in [-0.2, 0) is 26.2 Å². The van der Waals surface area contributed by atoms with Gasteiger partial charge in [-0.3, -0.25) is 13.9 Å². The summed E-state index contributed by atoms with van der Waals surface area (Å²) in [5, 5.41) is 3.46. The van der Waals surface area contributed by atoms with Gasteiger partial charge in [-0.25, -0.2) is 8.42 Å². The summed E-state index contributed by atoms with van der Waals surface area (Å²) in [4.78, 5) is 28.3. The summed E-state index contributed by atoms with van der Waals surface area (Å²) in [6.45, 7) is 5.40. The van der Waals surface area contributed by atoms with E-state index in [0.29, 0.717) is 17.1 Å². The van der Waals surface area contributed by atoms with Crippen molar-refractivity contribution in [2.75, 3.05) is 17.4 Å².